The van der Waals surface area contributed by atoms with Gasteiger partial charge in [0.15, 0.2) is 0 Å². The van der Waals surface area contributed by atoms with Crippen LogP contribution in [-0.4, -0.2) is 29.5 Å². The molecule has 0 fully saturated rings. The zero-order valence-electron chi connectivity index (χ0n) is 8.32. The Bertz CT molecular complexity index is 197. The minimum Gasteiger partial charge on any atom is -0.466 e. The van der Waals surface area contributed by atoms with Crippen molar-refractivity contribution in [2.75, 3.05) is 12.4 Å². The number of carbonyl (C=O) groups excluding carboxylic acids is 2. The summed E-state index contributed by atoms with van der Waals surface area (Å²) in [5, 5.41) is 0. The molecule has 0 unspecified atom stereocenters. The van der Waals surface area contributed by atoms with E-state index in [2.05, 4.69) is 4.74 Å². The molecule has 4 nitrogen and oxygen atoms in total. The van der Waals surface area contributed by atoms with E-state index >= 15 is 0 Å². The number of carbonyl (C=O) groups is 2. The van der Waals surface area contributed by atoms with Crippen LogP contribution < -0.4 is 5.73 Å². The van der Waals surface area contributed by atoms with Gasteiger partial charge in [-0.3, -0.25) is 9.59 Å². The molecular formula is C8H15NO3S2. The van der Waals surface area contributed by atoms with E-state index in [4.69, 9.17) is 5.73 Å². The van der Waals surface area contributed by atoms with E-state index in [1.807, 2.05) is 13.8 Å². The highest BCUT2D eigenvalue weighted by molar-refractivity contribution is 8.77. The fraction of sp³-hybridized carbons (Fsp3) is 0.750. The van der Waals surface area contributed by atoms with Crippen molar-refractivity contribution in [1.29, 1.82) is 0 Å². The molecule has 0 radical (unpaired) electrons. The highest BCUT2D eigenvalue weighted by Crippen LogP contribution is 2.35. The first-order chi connectivity index (χ1) is 6.48. The lowest BCUT2D eigenvalue weighted by molar-refractivity contribution is -0.129. The third kappa shape index (κ3) is 8.25. The topological polar surface area (TPSA) is 69.4 Å². The molecule has 2 N–H and O–H groups in total. The molecule has 0 atom stereocenters. The molecule has 0 saturated heterocycles. The Morgan fingerprint density at radius 2 is 2.21 bits per heavy atom. The fourth-order valence-electron chi connectivity index (χ4n) is 0.602. The molecule has 0 aliphatic rings. The van der Waals surface area contributed by atoms with Gasteiger partial charge in [-0.05, 0) is 13.8 Å². The van der Waals surface area contributed by atoms with Crippen molar-refractivity contribution in [3.63, 3.8) is 0 Å². The molecule has 0 heterocycles. The molecule has 0 spiro atoms. The van der Waals surface area contributed by atoms with Crippen molar-refractivity contribution in [2.24, 2.45) is 5.73 Å². The first-order valence-corrected chi connectivity index (χ1v) is 6.44. The lowest BCUT2D eigenvalue weighted by Crippen LogP contribution is -2.21. The minimum absolute atomic E-state index is 0.136. The number of amides is 1. The molecule has 0 aliphatic carbocycles. The van der Waals surface area contributed by atoms with Gasteiger partial charge in [-0.1, -0.05) is 21.6 Å². The molecule has 0 aromatic rings. The largest absolute Gasteiger partial charge is 0.466 e. The molecule has 6 heteroatoms. The lowest BCUT2D eigenvalue weighted by atomic mass is 10.2. The first-order valence-electron chi connectivity index (χ1n) is 4.12. The number of rotatable bonds is 8. The van der Waals surface area contributed by atoms with Crippen LogP contribution >= 0.6 is 21.6 Å². The summed E-state index contributed by atoms with van der Waals surface area (Å²) in [6.45, 7) is 4.75. The van der Waals surface area contributed by atoms with E-state index in [9.17, 15) is 9.59 Å². The second kappa shape index (κ2) is 7.00. The molecule has 82 valence electrons. The van der Waals surface area contributed by atoms with Gasteiger partial charge in [0.1, 0.15) is 6.61 Å². The van der Waals surface area contributed by atoms with Gasteiger partial charge in [0, 0.05) is 12.2 Å². The predicted molar refractivity (Wildman–Crippen MR) is 60.0 cm³/mol. The van der Waals surface area contributed by atoms with Gasteiger partial charge in [0.05, 0.1) is 4.75 Å². The van der Waals surface area contributed by atoms with Gasteiger partial charge in [-0.15, -0.1) is 0 Å². The summed E-state index contributed by atoms with van der Waals surface area (Å²) in [6, 6.07) is 0. The van der Waals surface area contributed by atoms with Crippen LogP contribution in [0.3, 0.4) is 0 Å². The lowest BCUT2D eigenvalue weighted by Gasteiger charge is -2.21. The van der Waals surface area contributed by atoms with Gasteiger partial charge in [-0.2, -0.15) is 0 Å². The van der Waals surface area contributed by atoms with Gasteiger partial charge < -0.3 is 10.5 Å². The third-order valence-corrected chi connectivity index (χ3v) is 4.48. The SMILES string of the molecule is CC(C)(COC=O)SSCCC(N)=O. The van der Waals surface area contributed by atoms with Crippen molar-refractivity contribution >= 4 is 34.0 Å². The number of hydrogen-bond acceptors (Lipinski definition) is 5. The Kier molecular flexibility index (Phi) is 6.82. The van der Waals surface area contributed by atoms with Gasteiger partial charge >= 0.3 is 0 Å². The maximum absolute atomic E-state index is 10.4. The zero-order valence-corrected chi connectivity index (χ0v) is 9.95. The number of nitrogens with two attached hydrogens (primary N) is 1. The molecule has 0 saturated carbocycles. The zero-order chi connectivity index (χ0) is 11.0. The van der Waals surface area contributed by atoms with Crippen molar-refractivity contribution in [1.82, 2.24) is 0 Å². The van der Waals surface area contributed by atoms with Gasteiger partial charge in [-0.25, -0.2) is 0 Å². The summed E-state index contributed by atoms with van der Waals surface area (Å²) in [4.78, 5) is 20.4. The van der Waals surface area contributed by atoms with Gasteiger partial charge in [0.2, 0.25) is 5.91 Å². The maximum Gasteiger partial charge on any atom is 0.293 e. The average Bonchev–Trinajstić information content (AvgIpc) is 2.09. The Labute approximate surface area is 91.7 Å². The second-order valence-corrected chi connectivity index (χ2v) is 6.41. The third-order valence-electron chi connectivity index (χ3n) is 1.22. The van der Waals surface area contributed by atoms with E-state index < -0.39 is 0 Å². The molecular weight excluding hydrogens is 222 g/mol. The van der Waals surface area contributed by atoms with Crippen molar-refractivity contribution in [3.05, 3.63) is 0 Å². The Morgan fingerprint density at radius 3 is 2.71 bits per heavy atom. The predicted octanol–water partition coefficient (Wildman–Crippen LogP) is 1.19. The quantitative estimate of drug-likeness (QED) is 0.390. The standard InChI is InChI=1S/C8H15NO3S2/c1-8(2,5-12-6-10)14-13-4-3-7(9)11/h6H,3-5H2,1-2H3,(H2,9,11). The van der Waals surface area contributed by atoms with E-state index in [0.29, 0.717) is 25.3 Å². The molecule has 0 aliphatic heterocycles. The molecule has 0 aromatic carbocycles. The van der Waals surface area contributed by atoms with Crippen LogP contribution in [-0.2, 0) is 14.3 Å². The second-order valence-electron chi connectivity index (χ2n) is 3.29. The van der Waals surface area contributed by atoms with Crippen LogP contribution in [0.5, 0.6) is 0 Å². The normalized spacial score (nSPS) is 11.0. The van der Waals surface area contributed by atoms with Crippen molar-refractivity contribution in [2.45, 2.75) is 25.0 Å². The molecule has 0 bridgehead atoms. The van der Waals surface area contributed by atoms with Crippen LogP contribution in [0.25, 0.3) is 0 Å². The summed E-state index contributed by atoms with van der Waals surface area (Å²) >= 11 is 0. The number of ether oxygens (including phenoxy) is 1. The average molecular weight is 237 g/mol. The fourth-order valence-corrected chi connectivity index (χ4v) is 3.01. The number of hydrogen-bond donors (Lipinski definition) is 1. The molecule has 14 heavy (non-hydrogen) atoms. The minimum atomic E-state index is -0.292. The summed E-state index contributed by atoms with van der Waals surface area (Å²) in [6.07, 6.45) is 0.377. The Balaban J connectivity index is 3.54. The smallest absolute Gasteiger partial charge is 0.293 e. The number of primary amides is 1. The van der Waals surface area contributed by atoms with E-state index in [0.717, 1.165) is 0 Å². The Hall–Kier alpha value is -0.360. The summed E-state index contributed by atoms with van der Waals surface area (Å²) in [5.41, 5.74) is 4.99. The molecule has 0 aromatic heterocycles. The van der Waals surface area contributed by atoms with Crippen LogP contribution in [0, 0.1) is 0 Å². The maximum atomic E-state index is 10.4. The highest BCUT2D eigenvalue weighted by Gasteiger charge is 2.19. The van der Waals surface area contributed by atoms with Crippen LogP contribution in [0.4, 0.5) is 0 Å². The van der Waals surface area contributed by atoms with Crippen LogP contribution in [0.2, 0.25) is 0 Å². The van der Waals surface area contributed by atoms with Crippen molar-refractivity contribution < 1.29 is 14.3 Å². The summed E-state index contributed by atoms with van der Waals surface area (Å²) < 4.78 is 4.53. The monoisotopic (exact) mass is 237 g/mol. The van der Waals surface area contributed by atoms with Gasteiger partial charge in [0.25, 0.3) is 6.47 Å². The highest BCUT2D eigenvalue weighted by atomic mass is 33.1. The van der Waals surface area contributed by atoms with E-state index in [-0.39, 0.29) is 10.7 Å². The van der Waals surface area contributed by atoms with Crippen LogP contribution in [0.15, 0.2) is 0 Å². The van der Waals surface area contributed by atoms with Crippen molar-refractivity contribution in [3.8, 4) is 0 Å². The summed E-state index contributed by atoms with van der Waals surface area (Å²) in [5.74, 6) is 0.393. The molecule has 1 amide bonds. The van der Waals surface area contributed by atoms with E-state index in [1.165, 1.54) is 0 Å². The molecule has 0 rings (SSSR count). The van der Waals surface area contributed by atoms with E-state index in [1.54, 1.807) is 21.6 Å². The summed E-state index contributed by atoms with van der Waals surface area (Å²) in [7, 11) is 3.14. The first kappa shape index (κ1) is 13.6. The van der Waals surface area contributed by atoms with Crippen LogP contribution in [0.1, 0.15) is 20.3 Å². The Morgan fingerprint density at radius 1 is 1.57 bits per heavy atom.